The number of aromatic nitrogens is 2. The van der Waals surface area contributed by atoms with E-state index in [1.165, 1.54) is 0 Å². The van der Waals surface area contributed by atoms with Crippen LogP contribution in [0, 0.1) is 0 Å². The third-order valence-corrected chi connectivity index (χ3v) is 4.64. The maximum atomic E-state index is 12.3. The summed E-state index contributed by atoms with van der Waals surface area (Å²) in [7, 11) is 0. The lowest BCUT2D eigenvalue weighted by molar-refractivity contribution is 0.0468. The summed E-state index contributed by atoms with van der Waals surface area (Å²) in [6, 6.07) is 7.23. The number of pyridine rings is 1. The molecular weight excluding hydrogens is 361 g/mol. The minimum absolute atomic E-state index is 0.0732. The maximum Gasteiger partial charge on any atom is 0.338 e. The summed E-state index contributed by atoms with van der Waals surface area (Å²) in [5.74, 6) is -0.366. The number of aryl methyl sites for hydroxylation is 1. The predicted molar refractivity (Wildman–Crippen MR) is 97.6 cm³/mol. The summed E-state index contributed by atoms with van der Waals surface area (Å²) in [4.78, 5) is 16.7. The predicted octanol–water partition coefficient (Wildman–Crippen LogP) is 4.36. The number of ether oxygens (including phenoxy) is 1. The van der Waals surface area contributed by atoms with Crippen LogP contribution >= 0.6 is 23.2 Å². The number of fused-ring (bicyclic) bond motifs is 2. The first-order valence-corrected chi connectivity index (χ1v) is 8.72. The first kappa shape index (κ1) is 16.2. The smallest absolute Gasteiger partial charge is 0.338 e. The van der Waals surface area contributed by atoms with Gasteiger partial charge < -0.3 is 14.5 Å². The zero-order valence-corrected chi connectivity index (χ0v) is 14.8. The molecule has 0 radical (unpaired) electrons. The standard InChI is InChI=1S/C18H15Cl2N3O2/c19-13-7-15(20)17-22-14(9-23(17)8-13)10-25-18(24)12-3-4-16-11(6-12)2-1-5-21-16/h3-4,6-9,21H,1-2,5,10H2. The van der Waals surface area contributed by atoms with Crippen molar-refractivity contribution in [3.8, 4) is 0 Å². The fourth-order valence-electron chi connectivity index (χ4n) is 2.97. The van der Waals surface area contributed by atoms with E-state index in [-0.39, 0.29) is 12.6 Å². The number of hydrogen-bond donors (Lipinski definition) is 1. The van der Waals surface area contributed by atoms with Crippen molar-refractivity contribution in [2.45, 2.75) is 19.4 Å². The van der Waals surface area contributed by atoms with Crippen LogP contribution < -0.4 is 5.32 Å². The lowest BCUT2D eigenvalue weighted by Crippen LogP contribution is -2.13. The number of hydrogen-bond acceptors (Lipinski definition) is 4. The zero-order valence-electron chi connectivity index (χ0n) is 13.3. The van der Waals surface area contributed by atoms with Crippen LogP contribution in [-0.2, 0) is 17.8 Å². The molecule has 1 aliphatic heterocycles. The Balaban J connectivity index is 1.49. The summed E-state index contributed by atoms with van der Waals surface area (Å²) >= 11 is 12.1. The summed E-state index contributed by atoms with van der Waals surface area (Å²) < 4.78 is 7.11. The largest absolute Gasteiger partial charge is 0.456 e. The summed E-state index contributed by atoms with van der Waals surface area (Å²) in [6.45, 7) is 1.04. The Morgan fingerprint density at radius 3 is 3.04 bits per heavy atom. The first-order chi connectivity index (χ1) is 12.1. The number of esters is 1. The topological polar surface area (TPSA) is 55.6 Å². The second kappa shape index (κ2) is 6.58. The lowest BCUT2D eigenvalue weighted by atomic mass is 10.0. The number of benzene rings is 1. The van der Waals surface area contributed by atoms with Gasteiger partial charge in [0.1, 0.15) is 6.61 Å². The third kappa shape index (κ3) is 3.30. The van der Waals surface area contributed by atoms with Crippen molar-refractivity contribution in [3.63, 3.8) is 0 Å². The van der Waals surface area contributed by atoms with Gasteiger partial charge >= 0.3 is 5.97 Å². The maximum absolute atomic E-state index is 12.3. The Labute approximate surface area is 154 Å². The highest BCUT2D eigenvalue weighted by atomic mass is 35.5. The van der Waals surface area contributed by atoms with E-state index in [2.05, 4.69) is 10.3 Å². The molecule has 0 fully saturated rings. The molecule has 5 nitrogen and oxygen atoms in total. The number of halogens is 2. The van der Waals surface area contributed by atoms with E-state index in [1.807, 2.05) is 12.1 Å². The molecule has 7 heteroatoms. The van der Waals surface area contributed by atoms with E-state index in [4.69, 9.17) is 27.9 Å². The monoisotopic (exact) mass is 375 g/mol. The first-order valence-electron chi connectivity index (χ1n) is 7.97. The molecule has 25 heavy (non-hydrogen) atoms. The molecule has 0 saturated carbocycles. The molecule has 1 N–H and O–H groups in total. The van der Waals surface area contributed by atoms with Gasteiger partial charge in [0.05, 0.1) is 21.3 Å². The SMILES string of the molecule is O=C(OCc1cn2cc(Cl)cc(Cl)c2n1)c1ccc2c(c1)CCCN2. The van der Waals surface area contributed by atoms with Gasteiger partial charge in [0.25, 0.3) is 0 Å². The fourth-order valence-corrected chi connectivity index (χ4v) is 3.50. The lowest BCUT2D eigenvalue weighted by Gasteiger charge is -2.18. The average molecular weight is 376 g/mol. The number of carbonyl (C=O) groups is 1. The molecule has 0 spiro atoms. The van der Waals surface area contributed by atoms with Crippen LogP contribution in [0.5, 0.6) is 0 Å². The number of imidazole rings is 1. The molecule has 0 bridgehead atoms. The Bertz CT molecular complexity index is 968. The zero-order chi connectivity index (χ0) is 17.4. The number of rotatable bonds is 3. The minimum atomic E-state index is -0.366. The molecule has 0 unspecified atom stereocenters. The van der Waals surface area contributed by atoms with Crippen LogP contribution in [0.3, 0.4) is 0 Å². The van der Waals surface area contributed by atoms with E-state index in [9.17, 15) is 4.79 Å². The molecule has 0 saturated heterocycles. The molecule has 0 atom stereocenters. The van der Waals surface area contributed by atoms with Crippen LogP contribution in [-0.4, -0.2) is 21.9 Å². The van der Waals surface area contributed by atoms with Crippen molar-refractivity contribution in [1.82, 2.24) is 9.38 Å². The molecule has 0 aliphatic carbocycles. The third-order valence-electron chi connectivity index (χ3n) is 4.15. The molecule has 128 valence electrons. The van der Waals surface area contributed by atoms with E-state index < -0.39 is 0 Å². The minimum Gasteiger partial charge on any atom is -0.456 e. The molecule has 3 aromatic rings. The van der Waals surface area contributed by atoms with Gasteiger partial charge in [-0.3, -0.25) is 0 Å². The molecule has 3 heterocycles. The second-order valence-corrected chi connectivity index (χ2v) is 6.79. The normalized spacial score (nSPS) is 13.4. The number of anilines is 1. The van der Waals surface area contributed by atoms with Crippen LogP contribution in [0.15, 0.2) is 36.7 Å². The van der Waals surface area contributed by atoms with E-state index in [1.54, 1.807) is 28.9 Å². The second-order valence-electron chi connectivity index (χ2n) is 5.95. The highest BCUT2D eigenvalue weighted by Crippen LogP contribution is 2.24. The van der Waals surface area contributed by atoms with Gasteiger partial charge in [0, 0.05) is 24.6 Å². The van der Waals surface area contributed by atoms with Gasteiger partial charge in [-0.1, -0.05) is 23.2 Å². The fraction of sp³-hybridized carbons (Fsp3) is 0.222. The highest BCUT2D eigenvalue weighted by molar-refractivity contribution is 6.36. The van der Waals surface area contributed by atoms with Gasteiger partial charge in [0.2, 0.25) is 0 Å². The van der Waals surface area contributed by atoms with Gasteiger partial charge in [-0.2, -0.15) is 0 Å². The quantitative estimate of drug-likeness (QED) is 0.691. The van der Waals surface area contributed by atoms with Crippen LogP contribution in [0.2, 0.25) is 10.0 Å². The van der Waals surface area contributed by atoms with E-state index >= 15 is 0 Å². The number of nitrogens with one attached hydrogen (secondary N) is 1. The van der Waals surface area contributed by atoms with Crippen molar-refractivity contribution in [3.05, 3.63) is 63.5 Å². The van der Waals surface area contributed by atoms with Crippen molar-refractivity contribution in [2.24, 2.45) is 0 Å². The van der Waals surface area contributed by atoms with Crippen molar-refractivity contribution >= 4 is 40.5 Å². The van der Waals surface area contributed by atoms with Gasteiger partial charge in [-0.05, 0) is 42.7 Å². The van der Waals surface area contributed by atoms with Crippen LogP contribution in [0.25, 0.3) is 5.65 Å². The molecular formula is C18H15Cl2N3O2. The van der Waals surface area contributed by atoms with Gasteiger partial charge in [-0.15, -0.1) is 0 Å². The molecule has 1 aromatic carbocycles. The summed E-state index contributed by atoms with van der Waals surface area (Å²) in [5.41, 5.74) is 3.98. The van der Waals surface area contributed by atoms with Crippen molar-refractivity contribution in [2.75, 3.05) is 11.9 Å². The Kier molecular flexibility index (Phi) is 4.27. The van der Waals surface area contributed by atoms with Crippen LogP contribution in [0.4, 0.5) is 5.69 Å². The molecule has 4 rings (SSSR count). The van der Waals surface area contributed by atoms with E-state index in [0.29, 0.717) is 26.9 Å². The number of nitrogens with zero attached hydrogens (tertiary/aromatic N) is 2. The molecule has 1 aliphatic rings. The van der Waals surface area contributed by atoms with Crippen molar-refractivity contribution in [1.29, 1.82) is 0 Å². The Morgan fingerprint density at radius 2 is 2.16 bits per heavy atom. The number of carbonyl (C=O) groups excluding carboxylic acids is 1. The Hall–Kier alpha value is -2.24. The van der Waals surface area contributed by atoms with Gasteiger partial charge in [0.15, 0.2) is 5.65 Å². The highest BCUT2D eigenvalue weighted by Gasteiger charge is 2.14. The average Bonchev–Trinajstić information content (AvgIpc) is 3.02. The van der Waals surface area contributed by atoms with Crippen LogP contribution in [0.1, 0.15) is 28.0 Å². The molecule has 2 aromatic heterocycles. The van der Waals surface area contributed by atoms with E-state index in [0.717, 1.165) is 30.6 Å². The Morgan fingerprint density at radius 1 is 1.28 bits per heavy atom. The van der Waals surface area contributed by atoms with Gasteiger partial charge in [-0.25, -0.2) is 9.78 Å². The summed E-state index contributed by atoms with van der Waals surface area (Å²) in [6.07, 6.45) is 5.49. The summed E-state index contributed by atoms with van der Waals surface area (Å²) in [5, 5.41) is 4.29. The van der Waals surface area contributed by atoms with Crippen molar-refractivity contribution < 1.29 is 9.53 Å². The molecule has 0 amide bonds.